The molecular formula is C16H18N2O3. The minimum absolute atomic E-state index is 0.0639. The molecule has 110 valence electrons. The first-order valence-electron chi connectivity index (χ1n) is 6.88. The Labute approximate surface area is 123 Å². The van der Waals surface area contributed by atoms with Crippen molar-refractivity contribution in [3.05, 3.63) is 42.0 Å². The first kappa shape index (κ1) is 15.0. The number of ether oxygens (including phenoxy) is 2. The molecule has 0 atom stereocenters. The van der Waals surface area contributed by atoms with Crippen molar-refractivity contribution in [2.24, 2.45) is 0 Å². The van der Waals surface area contributed by atoms with E-state index in [9.17, 15) is 4.79 Å². The molecule has 0 aliphatic heterocycles. The van der Waals surface area contributed by atoms with Gasteiger partial charge in [0.15, 0.2) is 0 Å². The Balaban J connectivity index is 2.13. The van der Waals surface area contributed by atoms with Crippen molar-refractivity contribution in [3.8, 4) is 17.1 Å². The molecule has 0 saturated carbocycles. The summed E-state index contributed by atoms with van der Waals surface area (Å²) in [6.45, 7) is 6.01. The van der Waals surface area contributed by atoms with Crippen molar-refractivity contribution in [2.75, 3.05) is 6.61 Å². The lowest BCUT2D eigenvalue weighted by atomic mass is 10.1. The van der Waals surface area contributed by atoms with Crippen molar-refractivity contribution in [2.45, 2.75) is 26.9 Å². The fourth-order valence-corrected chi connectivity index (χ4v) is 1.77. The highest BCUT2D eigenvalue weighted by molar-refractivity contribution is 5.89. The second-order valence-corrected chi connectivity index (χ2v) is 4.72. The van der Waals surface area contributed by atoms with E-state index >= 15 is 0 Å². The molecule has 0 N–H and O–H groups in total. The van der Waals surface area contributed by atoms with Crippen LogP contribution in [0.1, 0.15) is 31.1 Å². The number of benzene rings is 1. The SMILES string of the molecule is CCOC(=O)c1ccc(-c2ccc(OC(C)C)nn2)cc1. The Hall–Kier alpha value is -2.43. The highest BCUT2D eigenvalue weighted by Gasteiger charge is 2.07. The van der Waals surface area contributed by atoms with Crippen molar-refractivity contribution >= 4 is 5.97 Å². The minimum atomic E-state index is -0.323. The third kappa shape index (κ3) is 4.02. The lowest BCUT2D eigenvalue weighted by Crippen LogP contribution is -2.07. The van der Waals surface area contributed by atoms with E-state index in [0.29, 0.717) is 18.1 Å². The van der Waals surface area contributed by atoms with Gasteiger partial charge in [-0.15, -0.1) is 10.2 Å². The van der Waals surface area contributed by atoms with Crippen LogP contribution < -0.4 is 4.74 Å². The summed E-state index contributed by atoms with van der Waals surface area (Å²) in [6.07, 6.45) is 0.0639. The smallest absolute Gasteiger partial charge is 0.338 e. The van der Waals surface area contributed by atoms with Crippen LogP contribution in [0.2, 0.25) is 0 Å². The average Bonchev–Trinajstić information content (AvgIpc) is 2.48. The van der Waals surface area contributed by atoms with Gasteiger partial charge in [-0.2, -0.15) is 0 Å². The second-order valence-electron chi connectivity index (χ2n) is 4.72. The summed E-state index contributed by atoms with van der Waals surface area (Å²) in [5.41, 5.74) is 2.13. The lowest BCUT2D eigenvalue weighted by Gasteiger charge is -2.08. The van der Waals surface area contributed by atoms with Gasteiger partial charge in [-0.25, -0.2) is 4.79 Å². The minimum Gasteiger partial charge on any atom is -0.474 e. The van der Waals surface area contributed by atoms with Gasteiger partial charge in [0, 0.05) is 11.6 Å². The van der Waals surface area contributed by atoms with Crippen LogP contribution in [-0.4, -0.2) is 28.9 Å². The van der Waals surface area contributed by atoms with Gasteiger partial charge in [0.05, 0.1) is 24.0 Å². The van der Waals surface area contributed by atoms with Crippen LogP contribution in [0.3, 0.4) is 0 Å². The van der Waals surface area contributed by atoms with Crippen molar-refractivity contribution in [3.63, 3.8) is 0 Å². The number of hydrogen-bond acceptors (Lipinski definition) is 5. The zero-order valence-electron chi connectivity index (χ0n) is 12.4. The zero-order valence-corrected chi connectivity index (χ0v) is 12.4. The molecule has 0 unspecified atom stereocenters. The van der Waals surface area contributed by atoms with Crippen LogP contribution >= 0.6 is 0 Å². The van der Waals surface area contributed by atoms with Gasteiger partial charge in [-0.3, -0.25) is 0 Å². The van der Waals surface area contributed by atoms with Gasteiger partial charge in [0.2, 0.25) is 5.88 Å². The number of hydrogen-bond donors (Lipinski definition) is 0. The molecule has 0 saturated heterocycles. The van der Waals surface area contributed by atoms with Gasteiger partial charge >= 0.3 is 5.97 Å². The van der Waals surface area contributed by atoms with Gasteiger partial charge in [-0.05, 0) is 39.0 Å². The maximum absolute atomic E-state index is 11.6. The fraction of sp³-hybridized carbons (Fsp3) is 0.312. The lowest BCUT2D eigenvalue weighted by molar-refractivity contribution is 0.0526. The highest BCUT2D eigenvalue weighted by atomic mass is 16.5. The maximum Gasteiger partial charge on any atom is 0.338 e. The van der Waals surface area contributed by atoms with Crippen LogP contribution in [0.15, 0.2) is 36.4 Å². The number of rotatable bonds is 5. The summed E-state index contributed by atoms with van der Waals surface area (Å²) in [6, 6.07) is 10.7. The molecule has 5 heteroatoms. The average molecular weight is 286 g/mol. The van der Waals surface area contributed by atoms with E-state index in [2.05, 4.69) is 10.2 Å². The number of esters is 1. The molecule has 5 nitrogen and oxygen atoms in total. The Kier molecular flexibility index (Phi) is 4.87. The molecule has 2 rings (SSSR count). The number of nitrogens with zero attached hydrogens (tertiary/aromatic N) is 2. The molecule has 0 aliphatic rings. The molecule has 0 radical (unpaired) electrons. The van der Waals surface area contributed by atoms with Crippen LogP contribution in [0.4, 0.5) is 0 Å². The molecular weight excluding hydrogens is 268 g/mol. The first-order chi connectivity index (χ1) is 10.1. The zero-order chi connectivity index (χ0) is 15.2. The van der Waals surface area contributed by atoms with Crippen molar-refractivity contribution in [1.29, 1.82) is 0 Å². The monoisotopic (exact) mass is 286 g/mol. The third-order valence-corrected chi connectivity index (χ3v) is 2.69. The van der Waals surface area contributed by atoms with E-state index in [1.54, 1.807) is 25.1 Å². The number of carbonyl (C=O) groups is 1. The van der Waals surface area contributed by atoms with Gasteiger partial charge in [0.1, 0.15) is 0 Å². The van der Waals surface area contributed by atoms with Crippen LogP contribution in [0.5, 0.6) is 5.88 Å². The van der Waals surface area contributed by atoms with Crippen LogP contribution in [-0.2, 0) is 4.74 Å². The Morgan fingerprint density at radius 2 is 1.81 bits per heavy atom. The van der Waals surface area contributed by atoms with E-state index in [1.165, 1.54) is 0 Å². The van der Waals surface area contributed by atoms with Gasteiger partial charge in [-0.1, -0.05) is 12.1 Å². The van der Waals surface area contributed by atoms with E-state index < -0.39 is 0 Å². The molecule has 1 aromatic heterocycles. The van der Waals surface area contributed by atoms with E-state index in [4.69, 9.17) is 9.47 Å². The number of carbonyl (C=O) groups excluding carboxylic acids is 1. The molecule has 0 spiro atoms. The predicted octanol–water partition coefficient (Wildman–Crippen LogP) is 3.11. The van der Waals surface area contributed by atoms with E-state index in [-0.39, 0.29) is 12.1 Å². The molecule has 0 fully saturated rings. The van der Waals surface area contributed by atoms with Crippen molar-refractivity contribution < 1.29 is 14.3 Å². The standard InChI is InChI=1S/C16H18N2O3/c1-4-20-16(19)13-7-5-12(6-8-13)14-9-10-15(18-17-14)21-11(2)3/h5-11H,4H2,1-3H3. The second kappa shape index (κ2) is 6.83. The quantitative estimate of drug-likeness (QED) is 0.790. The first-order valence-corrected chi connectivity index (χ1v) is 6.88. The van der Waals surface area contributed by atoms with Gasteiger partial charge in [0.25, 0.3) is 0 Å². The highest BCUT2D eigenvalue weighted by Crippen LogP contribution is 2.19. The molecule has 2 aromatic rings. The molecule has 0 amide bonds. The Morgan fingerprint density at radius 3 is 2.33 bits per heavy atom. The molecule has 1 aromatic carbocycles. The topological polar surface area (TPSA) is 61.3 Å². The summed E-state index contributed by atoms with van der Waals surface area (Å²) in [5.74, 6) is 0.174. The number of aromatic nitrogens is 2. The predicted molar refractivity (Wildman–Crippen MR) is 79.2 cm³/mol. The van der Waals surface area contributed by atoms with E-state index in [0.717, 1.165) is 11.3 Å². The third-order valence-electron chi connectivity index (χ3n) is 2.69. The maximum atomic E-state index is 11.6. The normalized spacial score (nSPS) is 10.5. The molecule has 0 bridgehead atoms. The summed E-state index contributed by atoms with van der Waals surface area (Å²) >= 11 is 0. The van der Waals surface area contributed by atoms with Crippen LogP contribution in [0.25, 0.3) is 11.3 Å². The Morgan fingerprint density at radius 1 is 1.10 bits per heavy atom. The van der Waals surface area contributed by atoms with Crippen LogP contribution in [0, 0.1) is 0 Å². The van der Waals surface area contributed by atoms with E-state index in [1.807, 2.05) is 32.0 Å². The molecule has 0 aliphatic carbocycles. The Bertz CT molecular complexity index is 592. The summed E-state index contributed by atoms with van der Waals surface area (Å²) < 4.78 is 10.4. The fourth-order valence-electron chi connectivity index (χ4n) is 1.77. The van der Waals surface area contributed by atoms with Gasteiger partial charge < -0.3 is 9.47 Å². The molecule has 1 heterocycles. The molecule has 21 heavy (non-hydrogen) atoms. The van der Waals surface area contributed by atoms with Crippen molar-refractivity contribution in [1.82, 2.24) is 10.2 Å². The summed E-state index contributed by atoms with van der Waals surface area (Å²) in [4.78, 5) is 11.6. The summed E-state index contributed by atoms with van der Waals surface area (Å²) in [5, 5.41) is 8.14. The largest absolute Gasteiger partial charge is 0.474 e. The summed E-state index contributed by atoms with van der Waals surface area (Å²) in [7, 11) is 0.